The summed E-state index contributed by atoms with van der Waals surface area (Å²) in [5, 5.41) is 0. The molecule has 0 N–H and O–H groups in total. The fourth-order valence-corrected chi connectivity index (χ4v) is 2.00. The van der Waals surface area contributed by atoms with Crippen LogP contribution in [0.2, 0.25) is 0 Å². The Morgan fingerprint density at radius 1 is 1.54 bits per heavy atom. The minimum absolute atomic E-state index is 0.154. The van der Waals surface area contributed by atoms with E-state index in [2.05, 4.69) is 33.6 Å². The Labute approximate surface area is 90.3 Å². The standard InChI is InChI=1S/C9H9IN2O/c1-12-8(13)3-2-6-4-7(10)5-11-9(6)12/h4-5H,2-3H2,1H3. The van der Waals surface area contributed by atoms with E-state index in [1.807, 2.05) is 0 Å². The summed E-state index contributed by atoms with van der Waals surface area (Å²) in [6.07, 6.45) is 3.21. The van der Waals surface area contributed by atoms with Crippen molar-refractivity contribution in [2.45, 2.75) is 12.8 Å². The molecule has 1 aromatic rings. The number of carbonyl (C=O) groups excluding carboxylic acids is 1. The summed E-state index contributed by atoms with van der Waals surface area (Å²) in [4.78, 5) is 17.2. The quantitative estimate of drug-likeness (QED) is 0.679. The number of halogens is 1. The molecule has 4 heteroatoms. The number of carbonyl (C=O) groups is 1. The summed E-state index contributed by atoms with van der Waals surface area (Å²) in [5.41, 5.74) is 1.18. The molecule has 13 heavy (non-hydrogen) atoms. The van der Waals surface area contributed by atoms with Gasteiger partial charge in [0.2, 0.25) is 5.91 Å². The van der Waals surface area contributed by atoms with E-state index in [9.17, 15) is 4.79 Å². The highest BCUT2D eigenvalue weighted by atomic mass is 127. The largest absolute Gasteiger partial charge is 0.300 e. The molecular formula is C9H9IN2O. The van der Waals surface area contributed by atoms with E-state index in [0.717, 1.165) is 15.8 Å². The molecule has 1 amide bonds. The van der Waals surface area contributed by atoms with Gasteiger partial charge in [0.05, 0.1) is 0 Å². The molecule has 0 aromatic carbocycles. The highest BCUT2D eigenvalue weighted by Crippen LogP contribution is 2.25. The number of aryl methyl sites for hydroxylation is 1. The molecule has 0 fully saturated rings. The Hall–Kier alpha value is -0.650. The van der Waals surface area contributed by atoms with Crippen LogP contribution in [0.15, 0.2) is 12.3 Å². The van der Waals surface area contributed by atoms with Crippen molar-refractivity contribution in [3.8, 4) is 0 Å². The molecule has 3 nitrogen and oxygen atoms in total. The minimum Gasteiger partial charge on any atom is -0.300 e. The second kappa shape index (κ2) is 3.25. The number of aromatic nitrogens is 1. The number of anilines is 1. The third kappa shape index (κ3) is 1.54. The summed E-state index contributed by atoms with van der Waals surface area (Å²) >= 11 is 2.23. The predicted octanol–water partition coefficient (Wildman–Crippen LogP) is 1.60. The second-order valence-corrected chi connectivity index (χ2v) is 4.33. The van der Waals surface area contributed by atoms with Crippen LogP contribution in [-0.2, 0) is 11.2 Å². The molecule has 2 rings (SSSR count). The third-order valence-electron chi connectivity index (χ3n) is 2.21. The lowest BCUT2D eigenvalue weighted by molar-refractivity contribution is -0.118. The average Bonchev–Trinajstić information content (AvgIpc) is 2.12. The highest BCUT2D eigenvalue weighted by Gasteiger charge is 2.21. The number of hydrogen-bond acceptors (Lipinski definition) is 2. The number of pyridine rings is 1. The molecule has 0 spiro atoms. The van der Waals surface area contributed by atoms with Gasteiger partial charge in [-0.1, -0.05) is 0 Å². The fraction of sp³-hybridized carbons (Fsp3) is 0.333. The van der Waals surface area contributed by atoms with Crippen molar-refractivity contribution >= 4 is 34.3 Å². The van der Waals surface area contributed by atoms with E-state index in [0.29, 0.717) is 6.42 Å². The van der Waals surface area contributed by atoms with Crippen molar-refractivity contribution in [1.29, 1.82) is 0 Å². The molecule has 0 saturated carbocycles. The maximum absolute atomic E-state index is 11.3. The van der Waals surface area contributed by atoms with Gasteiger partial charge in [-0.2, -0.15) is 0 Å². The van der Waals surface area contributed by atoms with Crippen molar-refractivity contribution in [3.63, 3.8) is 0 Å². The van der Waals surface area contributed by atoms with Gasteiger partial charge < -0.3 is 0 Å². The molecule has 0 unspecified atom stereocenters. The summed E-state index contributed by atoms with van der Waals surface area (Å²) in [5.74, 6) is 0.970. The van der Waals surface area contributed by atoms with Crippen molar-refractivity contribution in [2.75, 3.05) is 11.9 Å². The Bertz CT molecular complexity index is 365. The lowest BCUT2D eigenvalue weighted by Gasteiger charge is -2.24. The molecule has 0 atom stereocenters. The van der Waals surface area contributed by atoms with Crippen LogP contribution in [0.1, 0.15) is 12.0 Å². The fourth-order valence-electron chi connectivity index (χ4n) is 1.49. The first-order valence-corrected chi connectivity index (χ1v) is 5.17. The third-order valence-corrected chi connectivity index (χ3v) is 2.80. The summed E-state index contributed by atoms with van der Waals surface area (Å²) in [6.45, 7) is 0. The maximum Gasteiger partial charge on any atom is 0.228 e. The van der Waals surface area contributed by atoms with Crippen LogP contribution in [0, 0.1) is 3.57 Å². The molecular weight excluding hydrogens is 279 g/mol. The van der Waals surface area contributed by atoms with E-state index in [1.165, 1.54) is 5.56 Å². The smallest absolute Gasteiger partial charge is 0.228 e. The zero-order chi connectivity index (χ0) is 9.42. The molecule has 1 aliphatic heterocycles. The van der Waals surface area contributed by atoms with Crippen LogP contribution in [0.5, 0.6) is 0 Å². The number of nitrogens with zero attached hydrogens (tertiary/aromatic N) is 2. The van der Waals surface area contributed by atoms with E-state index < -0.39 is 0 Å². The molecule has 68 valence electrons. The van der Waals surface area contributed by atoms with Gasteiger partial charge in [-0.15, -0.1) is 0 Å². The van der Waals surface area contributed by atoms with Gasteiger partial charge in [0, 0.05) is 23.2 Å². The van der Waals surface area contributed by atoms with Crippen molar-refractivity contribution in [2.24, 2.45) is 0 Å². The lowest BCUT2D eigenvalue weighted by atomic mass is 10.1. The zero-order valence-electron chi connectivity index (χ0n) is 7.25. The van der Waals surface area contributed by atoms with Crippen LogP contribution in [-0.4, -0.2) is 17.9 Å². The van der Waals surface area contributed by atoms with Crippen LogP contribution in [0.4, 0.5) is 5.82 Å². The number of rotatable bonds is 0. The SMILES string of the molecule is CN1C(=O)CCc2cc(I)cnc21. The molecule has 2 heterocycles. The molecule has 0 radical (unpaired) electrons. The highest BCUT2D eigenvalue weighted by molar-refractivity contribution is 14.1. The number of hydrogen-bond donors (Lipinski definition) is 0. The molecule has 1 aliphatic rings. The average molecular weight is 288 g/mol. The maximum atomic E-state index is 11.3. The van der Waals surface area contributed by atoms with E-state index in [4.69, 9.17) is 0 Å². The number of amides is 1. The first-order valence-electron chi connectivity index (χ1n) is 4.09. The Balaban J connectivity index is 2.49. The first kappa shape index (κ1) is 8.93. The number of fused-ring (bicyclic) bond motifs is 1. The van der Waals surface area contributed by atoms with Crippen LogP contribution in [0.25, 0.3) is 0 Å². The van der Waals surface area contributed by atoms with Gasteiger partial charge in [0.15, 0.2) is 0 Å². The molecule has 1 aromatic heterocycles. The van der Waals surface area contributed by atoms with Crippen LogP contribution < -0.4 is 4.90 Å². The van der Waals surface area contributed by atoms with Gasteiger partial charge in [0.25, 0.3) is 0 Å². The van der Waals surface area contributed by atoms with Gasteiger partial charge in [-0.3, -0.25) is 9.69 Å². The van der Waals surface area contributed by atoms with Crippen molar-refractivity contribution in [1.82, 2.24) is 4.98 Å². The van der Waals surface area contributed by atoms with Gasteiger partial charge in [-0.25, -0.2) is 4.98 Å². The van der Waals surface area contributed by atoms with Gasteiger partial charge in [-0.05, 0) is 40.6 Å². The predicted molar refractivity (Wildman–Crippen MR) is 58.7 cm³/mol. The normalized spacial score (nSPS) is 15.8. The Morgan fingerprint density at radius 2 is 2.31 bits per heavy atom. The van der Waals surface area contributed by atoms with E-state index in [1.54, 1.807) is 18.1 Å². The first-order chi connectivity index (χ1) is 6.18. The summed E-state index contributed by atoms with van der Waals surface area (Å²) in [6, 6.07) is 2.09. The van der Waals surface area contributed by atoms with Crippen LogP contribution in [0.3, 0.4) is 0 Å². The Kier molecular flexibility index (Phi) is 2.23. The molecule has 0 aliphatic carbocycles. The second-order valence-electron chi connectivity index (χ2n) is 3.09. The Morgan fingerprint density at radius 3 is 3.08 bits per heavy atom. The summed E-state index contributed by atoms with van der Waals surface area (Å²) in [7, 11) is 1.78. The topological polar surface area (TPSA) is 33.2 Å². The van der Waals surface area contributed by atoms with E-state index >= 15 is 0 Å². The molecule has 0 saturated heterocycles. The van der Waals surface area contributed by atoms with Gasteiger partial charge in [0.1, 0.15) is 5.82 Å². The lowest BCUT2D eigenvalue weighted by Crippen LogP contribution is -2.32. The van der Waals surface area contributed by atoms with Gasteiger partial charge >= 0.3 is 0 Å². The van der Waals surface area contributed by atoms with Crippen LogP contribution >= 0.6 is 22.6 Å². The van der Waals surface area contributed by atoms with Crippen molar-refractivity contribution < 1.29 is 4.79 Å². The van der Waals surface area contributed by atoms with E-state index in [-0.39, 0.29) is 5.91 Å². The minimum atomic E-state index is 0.154. The zero-order valence-corrected chi connectivity index (χ0v) is 9.41. The van der Waals surface area contributed by atoms with Crippen molar-refractivity contribution in [3.05, 3.63) is 21.4 Å². The monoisotopic (exact) mass is 288 g/mol. The molecule has 0 bridgehead atoms. The summed E-state index contributed by atoms with van der Waals surface area (Å²) < 4.78 is 1.12.